The number of hydrogen-bond donors (Lipinski definition) is 1. The molecule has 174 valence electrons. The van der Waals surface area contributed by atoms with E-state index in [1.807, 2.05) is 19.2 Å². The lowest BCUT2D eigenvalue weighted by atomic mass is 10.1. The summed E-state index contributed by atoms with van der Waals surface area (Å²) in [6.45, 7) is 1.03. The van der Waals surface area contributed by atoms with Crippen molar-refractivity contribution in [2.45, 2.75) is 19.1 Å². The number of fused-ring (bicyclic) bond motifs is 2. The van der Waals surface area contributed by atoms with E-state index >= 15 is 0 Å². The van der Waals surface area contributed by atoms with Crippen molar-refractivity contribution < 1.29 is 22.4 Å². The number of hydrogen-bond acceptors (Lipinski definition) is 2. The lowest BCUT2D eigenvalue weighted by Gasteiger charge is -2.14. The maximum atomic E-state index is 13.8. The van der Waals surface area contributed by atoms with Gasteiger partial charge >= 0.3 is 6.18 Å². The van der Waals surface area contributed by atoms with Crippen LogP contribution in [0.5, 0.6) is 0 Å². The maximum Gasteiger partial charge on any atom is 0.416 e. The first-order valence-electron chi connectivity index (χ1n) is 10.8. The average Bonchev–Trinajstić information content (AvgIpc) is 3.33. The van der Waals surface area contributed by atoms with Crippen molar-refractivity contribution in [2.75, 3.05) is 23.8 Å². The van der Waals surface area contributed by atoms with Crippen LogP contribution in [0, 0.1) is 5.82 Å². The molecule has 5 rings (SSSR count). The monoisotopic (exact) mass is 467 g/mol. The van der Waals surface area contributed by atoms with Crippen molar-refractivity contribution in [2.24, 2.45) is 0 Å². The minimum Gasteiger partial charge on any atom is -0.374 e. The molecule has 4 nitrogen and oxygen atoms in total. The molecule has 1 aliphatic rings. The number of carbonyl (C=O) groups is 1. The molecule has 1 N–H and O–H groups in total. The van der Waals surface area contributed by atoms with Crippen LogP contribution in [0.2, 0.25) is 0 Å². The molecule has 0 atom stereocenters. The molecule has 0 saturated heterocycles. The van der Waals surface area contributed by atoms with Crippen molar-refractivity contribution in [1.82, 2.24) is 4.57 Å². The van der Waals surface area contributed by atoms with E-state index < -0.39 is 23.5 Å². The highest BCUT2D eigenvalue weighted by atomic mass is 19.4. The Morgan fingerprint density at radius 1 is 1.03 bits per heavy atom. The minimum atomic E-state index is -4.50. The topological polar surface area (TPSA) is 37.3 Å². The highest BCUT2D eigenvalue weighted by Crippen LogP contribution is 2.33. The second-order valence-electron chi connectivity index (χ2n) is 8.49. The third-order valence-electron chi connectivity index (χ3n) is 6.16. The van der Waals surface area contributed by atoms with Crippen LogP contribution in [0.25, 0.3) is 10.9 Å². The van der Waals surface area contributed by atoms with E-state index in [-0.39, 0.29) is 17.6 Å². The van der Waals surface area contributed by atoms with Gasteiger partial charge in [-0.2, -0.15) is 13.2 Å². The number of benzene rings is 3. The van der Waals surface area contributed by atoms with Gasteiger partial charge in [-0.3, -0.25) is 4.79 Å². The lowest BCUT2D eigenvalue weighted by molar-refractivity contribution is -0.137. The summed E-state index contributed by atoms with van der Waals surface area (Å²) in [5, 5.41) is 3.16. The van der Waals surface area contributed by atoms with Crippen molar-refractivity contribution in [3.63, 3.8) is 0 Å². The molecular weight excluding hydrogens is 446 g/mol. The molecule has 0 bridgehead atoms. The third-order valence-corrected chi connectivity index (χ3v) is 6.16. The molecule has 1 aromatic heterocycles. The number of rotatable bonds is 4. The Kier molecular flexibility index (Phi) is 5.31. The van der Waals surface area contributed by atoms with E-state index in [1.54, 1.807) is 22.8 Å². The van der Waals surface area contributed by atoms with E-state index in [1.165, 1.54) is 24.3 Å². The number of anilines is 2. The molecule has 0 saturated carbocycles. The van der Waals surface area contributed by atoms with Gasteiger partial charge in [-0.25, -0.2) is 4.39 Å². The summed E-state index contributed by atoms with van der Waals surface area (Å²) in [6, 6.07) is 16.4. The summed E-state index contributed by atoms with van der Waals surface area (Å²) in [5.41, 5.74) is 3.28. The summed E-state index contributed by atoms with van der Waals surface area (Å²) >= 11 is 0. The summed E-state index contributed by atoms with van der Waals surface area (Å²) in [7, 11) is 2.00. The Hall–Kier alpha value is -3.81. The molecule has 1 aliphatic heterocycles. The number of aromatic nitrogens is 1. The quantitative estimate of drug-likeness (QED) is 0.369. The second-order valence-corrected chi connectivity index (χ2v) is 8.49. The Balaban J connectivity index is 1.54. The van der Waals surface area contributed by atoms with Gasteiger partial charge in [0.1, 0.15) is 11.5 Å². The van der Waals surface area contributed by atoms with Gasteiger partial charge < -0.3 is 14.8 Å². The molecule has 4 aromatic rings. The van der Waals surface area contributed by atoms with Crippen LogP contribution in [0.3, 0.4) is 0 Å². The van der Waals surface area contributed by atoms with Crippen molar-refractivity contribution in [3.05, 3.63) is 94.9 Å². The van der Waals surface area contributed by atoms with Gasteiger partial charge in [-0.05, 0) is 72.1 Å². The fourth-order valence-electron chi connectivity index (χ4n) is 4.46. The predicted molar refractivity (Wildman–Crippen MR) is 124 cm³/mol. The molecular formula is C26H21F4N3O. The number of alkyl halides is 3. The van der Waals surface area contributed by atoms with Gasteiger partial charge in [0, 0.05) is 42.4 Å². The first-order chi connectivity index (χ1) is 16.2. The highest BCUT2D eigenvalue weighted by Gasteiger charge is 2.31. The van der Waals surface area contributed by atoms with Crippen molar-refractivity contribution in [3.8, 4) is 0 Å². The van der Waals surface area contributed by atoms with Crippen LogP contribution in [0.4, 0.5) is 28.9 Å². The van der Waals surface area contributed by atoms with Gasteiger partial charge in [-0.15, -0.1) is 0 Å². The molecule has 2 heterocycles. The Labute approximate surface area is 193 Å². The van der Waals surface area contributed by atoms with E-state index in [9.17, 15) is 22.4 Å². The van der Waals surface area contributed by atoms with Crippen LogP contribution >= 0.6 is 0 Å². The van der Waals surface area contributed by atoms with Crippen LogP contribution < -0.4 is 10.2 Å². The first kappa shape index (κ1) is 22.0. The predicted octanol–water partition coefficient (Wildman–Crippen LogP) is 6.09. The normalized spacial score (nSPS) is 13.4. The molecule has 0 fully saturated rings. The Morgan fingerprint density at radius 2 is 1.85 bits per heavy atom. The fraction of sp³-hybridized carbons (Fsp3) is 0.192. The molecule has 0 unspecified atom stereocenters. The number of likely N-dealkylation sites (N-methyl/N-ethyl adjacent to an activating group) is 1. The van der Waals surface area contributed by atoms with Crippen molar-refractivity contribution in [1.29, 1.82) is 0 Å². The molecule has 0 spiro atoms. The number of nitrogens with one attached hydrogen (secondary N) is 1. The maximum absolute atomic E-state index is 13.8. The zero-order valence-electron chi connectivity index (χ0n) is 18.3. The van der Waals surface area contributed by atoms with Crippen LogP contribution in [0.15, 0.2) is 66.7 Å². The molecule has 0 aliphatic carbocycles. The van der Waals surface area contributed by atoms with E-state index in [0.29, 0.717) is 16.8 Å². The molecule has 8 heteroatoms. The van der Waals surface area contributed by atoms with Crippen LogP contribution in [-0.2, 0) is 19.1 Å². The minimum absolute atomic E-state index is 0.129. The van der Waals surface area contributed by atoms with Gasteiger partial charge in [0.2, 0.25) is 0 Å². The van der Waals surface area contributed by atoms with Crippen LogP contribution in [0.1, 0.15) is 27.2 Å². The van der Waals surface area contributed by atoms with Gasteiger partial charge in [-0.1, -0.05) is 12.1 Å². The van der Waals surface area contributed by atoms with E-state index in [4.69, 9.17) is 0 Å². The number of halogens is 4. The second kappa shape index (κ2) is 8.20. The number of amides is 1. The summed E-state index contributed by atoms with van der Waals surface area (Å²) < 4.78 is 55.2. The fourth-order valence-corrected chi connectivity index (χ4v) is 4.46. The average molecular weight is 467 g/mol. The zero-order chi connectivity index (χ0) is 24.0. The number of carbonyl (C=O) groups excluding carboxylic acids is 1. The van der Waals surface area contributed by atoms with E-state index in [2.05, 4.69) is 10.2 Å². The molecule has 34 heavy (non-hydrogen) atoms. The SMILES string of the molecule is CN1CCc2cc(NC(=O)c3cc4cc(C(F)(F)F)ccc4n3Cc3cccc(F)c3)ccc21. The van der Waals surface area contributed by atoms with Crippen LogP contribution in [-0.4, -0.2) is 24.1 Å². The van der Waals surface area contributed by atoms with Crippen molar-refractivity contribution >= 4 is 28.2 Å². The summed E-state index contributed by atoms with van der Waals surface area (Å²) in [4.78, 5) is 15.4. The summed E-state index contributed by atoms with van der Waals surface area (Å²) in [6.07, 6.45) is -3.63. The molecule has 3 aromatic carbocycles. The zero-order valence-corrected chi connectivity index (χ0v) is 18.3. The van der Waals surface area contributed by atoms with E-state index in [0.717, 1.165) is 36.3 Å². The smallest absolute Gasteiger partial charge is 0.374 e. The van der Waals surface area contributed by atoms with Gasteiger partial charge in [0.15, 0.2) is 0 Å². The highest BCUT2D eigenvalue weighted by molar-refractivity contribution is 6.06. The standard InChI is InChI=1S/C26H21F4N3O/c1-32-10-9-17-13-21(6-8-22(17)32)31-25(34)24-14-18-12-19(26(28,29)30)5-7-23(18)33(24)15-16-3-2-4-20(27)11-16/h2-8,11-14H,9-10,15H2,1H3,(H,31,34). The lowest BCUT2D eigenvalue weighted by Crippen LogP contribution is -2.17. The molecule has 0 radical (unpaired) electrons. The Bertz CT molecular complexity index is 1410. The molecule has 1 amide bonds. The third kappa shape index (κ3) is 4.11. The Morgan fingerprint density at radius 3 is 2.62 bits per heavy atom. The largest absolute Gasteiger partial charge is 0.416 e. The summed E-state index contributed by atoms with van der Waals surface area (Å²) in [5.74, 6) is -0.880. The van der Waals surface area contributed by atoms with Gasteiger partial charge in [0.25, 0.3) is 5.91 Å². The number of nitrogens with zero attached hydrogens (tertiary/aromatic N) is 2. The van der Waals surface area contributed by atoms with Gasteiger partial charge in [0.05, 0.1) is 5.56 Å². The first-order valence-corrected chi connectivity index (χ1v) is 10.8.